The normalized spacial score (nSPS) is 13.2. The number of ether oxygens (including phenoxy) is 1. The Hall–Kier alpha value is -0.750. The fraction of sp³-hybridized carbons (Fsp3) is 0.900. The number of hydrogen-bond acceptors (Lipinski definition) is 3. The average Bonchev–Trinajstić information content (AvgIpc) is 2.16. The van der Waals surface area contributed by atoms with Crippen molar-refractivity contribution in [2.24, 2.45) is 11.7 Å². The average molecular weight is 238 g/mol. The third kappa shape index (κ3) is 8.55. The predicted molar refractivity (Wildman–Crippen MR) is 57.3 cm³/mol. The number of nitrogens with one attached hydrogen (secondary N) is 1. The lowest BCUT2D eigenvalue weighted by atomic mass is 10.0. The first kappa shape index (κ1) is 15.2. The molecule has 0 saturated heterocycles. The van der Waals surface area contributed by atoms with Crippen LogP contribution in [0.1, 0.15) is 20.3 Å². The highest BCUT2D eigenvalue weighted by atomic mass is 19.3. The summed E-state index contributed by atoms with van der Waals surface area (Å²) < 4.78 is 27.9. The Kier molecular flexibility index (Phi) is 8.01. The Balaban J connectivity index is 3.44. The van der Waals surface area contributed by atoms with Gasteiger partial charge in [0.2, 0.25) is 5.91 Å². The van der Waals surface area contributed by atoms with Gasteiger partial charge in [0.1, 0.15) is 6.61 Å². The molecule has 0 aromatic rings. The summed E-state index contributed by atoms with van der Waals surface area (Å²) >= 11 is 0. The van der Waals surface area contributed by atoms with Gasteiger partial charge in [0, 0.05) is 19.0 Å². The van der Waals surface area contributed by atoms with Crippen LogP contribution in [0.2, 0.25) is 0 Å². The van der Waals surface area contributed by atoms with Crippen molar-refractivity contribution in [3.8, 4) is 0 Å². The Bertz CT molecular complexity index is 201. The minimum atomic E-state index is -2.47. The van der Waals surface area contributed by atoms with Crippen LogP contribution >= 0.6 is 0 Å². The molecule has 16 heavy (non-hydrogen) atoms. The highest BCUT2D eigenvalue weighted by Crippen LogP contribution is 2.01. The summed E-state index contributed by atoms with van der Waals surface area (Å²) in [4.78, 5) is 11.3. The first-order valence-corrected chi connectivity index (χ1v) is 5.31. The maximum atomic E-state index is 11.7. The molecule has 4 nitrogen and oxygen atoms in total. The number of hydrogen-bond donors (Lipinski definition) is 2. The summed E-state index contributed by atoms with van der Waals surface area (Å²) in [6.45, 7) is 3.60. The van der Waals surface area contributed by atoms with Crippen molar-refractivity contribution < 1.29 is 18.3 Å². The Labute approximate surface area is 94.5 Å². The van der Waals surface area contributed by atoms with E-state index in [0.29, 0.717) is 0 Å². The van der Waals surface area contributed by atoms with Crippen LogP contribution in [0.3, 0.4) is 0 Å². The number of rotatable bonds is 8. The van der Waals surface area contributed by atoms with Gasteiger partial charge in [-0.05, 0) is 5.92 Å². The van der Waals surface area contributed by atoms with Crippen molar-refractivity contribution in [3.63, 3.8) is 0 Å². The van der Waals surface area contributed by atoms with Gasteiger partial charge in [-0.3, -0.25) is 4.79 Å². The predicted octanol–water partition coefficient (Wildman–Crippen LogP) is 0.758. The van der Waals surface area contributed by atoms with E-state index in [9.17, 15) is 13.6 Å². The molecule has 0 rings (SSSR count). The molecule has 0 saturated carbocycles. The van der Waals surface area contributed by atoms with E-state index in [1.54, 1.807) is 0 Å². The molecular weight excluding hydrogens is 218 g/mol. The van der Waals surface area contributed by atoms with Crippen LogP contribution in [-0.4, -0.2) is 38.1 Å². The van der Waals surface area contributed by atoms with Crippen LogP contribution in [0.25, 0.3) is 0 Å². The van der Waals surface area contributed by atoms with E-state index in [-0.39, 0.29) is 37.4 Å². The highest BCUT2D eigenvalue weighted by molar-refractivity contribution is 5.76. The van der Waals surface area contributed by atoms with Crippen LogP contribution in [0.5, 0.6) is 0 Å². The SMILES string of the molecule is CC(C)C(N)CC(=O)NCCOCC(F)F. The van der Waals surface area contributed by atoms with E-state index >= 15 is 0 Å². The molecule has 0 spiro atoms. The molecule has 1 unspecified atom stereocenters. The number of carbonyl (C=O) groups excluding carboxylic acids is 1. The van der Waals surface area contributed by atoms with Gasteiger partial charge in [-0.15, -0.1) is 0 Å². The molecule has 0 radical (unpaired) electrons. The Morgan fingerprint density at radius 3 is 2.56 bits per heavy atom. The molecule has 0 aromatic heterocycles. The largest absolute Gasteiger partial charge is 0.374 e. The zero-order valence-corrected chi connectivity index (χ0v) is 9.71. The minimum absolute atomic E-state index is 0.0903. The molecular formula is C10H20F2N2O2. The highest BCUT2D eigenvalue weighted by Gasteiger charge is 2.12. The molecule has 1 amide bonds. The molecule has 0 aliphatic carbocycles. The first-order chi connectivity index (χ1) is 7.43. The maximum absolute atomic E-state index is 11.7. The zero-order valence-electron chi connectivity index (χ0n) is 9.71. The Morgan fingerprint density at radius 2 is 2.06 bits per heavy atom. The molecule has 0 heterocycles. The second-order valence-electron chi connectivity index (χ2n) is 3.93. The van der Waals surface area contributed by atoms with Crippen LogP contribution in [-0.2, 0) is 9.53 Å². The van der Waals surface area contributed by atoms with Gasteiger partial charge in [0.25, 0.3) is 6.43 Å². The molecule has 0 aliphatic heterocycles. The summed E-state index contributed by atoms with van der Waals surface area (Å²) in [5.74, 6) is 0.0580. The van der Waals surface area contributed by atoms with Crippen molar-refractivity contribution in [1.82, 2.24) is 5.32 Å². The van der Waals surface area contributed by atoms with Crippen LogP contribution in [0.15, 0.2) is 0 Å². The number of nitrogens with two attached hydrogens (primary N) is 1. The lowest BCUT2D eigenvalue weighted by molar-refractivity contribution is -0.121. The third-order valence-electron chi connectivity index (χ3n) is 2.09. The smallest absolute Gasteiger partial charge is 0.261 e. The molecule has 6 heteroatoms. The molecule has 0 aromatic carbocycles. The summed E-state index contributed by atoms with van der Waals surface area (Å²) in [6, 6.07) is -0.179. The molecule has 96 valence electrons. The van der Waals surface area contributed by atoms with Crippen molar-refractivity contribution in [3.05, 3.63) is 0 Å². The van der Waals surface area contributed by atoms with Gasteiger partial charge in [0.05, 0.1) is 6.61 Å². The second kappa shape index (κ2) is 8.41. The fourth-order valence-corrected chi connectivity index (χ4v) is 0.957. The van der Waals surface area contributed by atoms with Gasteiger partial charge < -0.3 is 15.8 Å². The summed E-state index contributed by atoms with van der Waals surface area (Å²) in [5, 5.41) is 2.55. The molecule has 0 aliphatic rings. The van der Waals surface area contributed by atoms with Crippen LogP contribution in [0.4, 0.5) is 8.78 Å². The van der Waals surface area contributed by atoms with E-state index in [4.69, 9.17) is 5.73 Å². The van der Waals surface area contributed by atoms with E-state index in [1.165, 1.54) is 0 Å². The minimum Gasteiger partial charge on any atom is -0.374 e. The first-order valence-electron chi connectivity index (χ1n) is 5.31. The van der Waals surface area contributed by atoms with Gasteiger partial charge in [0.15, 0.2) is 0 Å². The van der Waals surface area contributed by atoms with Crippen molar-refractivity contribution >= 4 is 5.91 Å². The summed E-state index contributed by atoms with van der Waals surface area (Å²) in [6.07, 6.45) is -2.22. The van der Waals surface area contributed by atoms with Crippen molar-refractivity contribution in [2.45, 2.75) is 32.7 Å². The zero-order chi connectivity index (χ0) is 12.6. The molecule has 0 fully saturated rings. The van der Waals surface area contributed by atoms with Gasteiger partial charge >= 0.3 is 0 Å². The van der Waals surface area contributed by atoms with E-state index in [2.05, 4.69) is 10.1 Å². The van der Waals surface area contributed by atoms with E-state index in [1.807, 2.05) is 13.8 Å². The Morgan fingerprint density at radius 1 is 1.44 bits per heavy atom. The third-order valence-corrected chi connectivity index (χ3v) is 2.09. The van der Waals surface area contributed by atoms with Gasteiger partial charge in [-0.2, -0.15) is 0 Å². The summed E-state index contributed by atoms with van der Waals surface area (Å²) in [5.41, 5.74) is 5.70. The fourth-order valence-electron chi connectivity index (χ4n) is 0.957. The monoisotopic (exact) mass is 238 g/mol. The lowest BCUT2D eigenvalue weighted by Gasteiger charge is -2.14. The van der Waals surface area contributed by atoms with Crippen LogP contribution < -0.4 is 11.1 Å². The molecule has 3 N–H and O–H groups in total. The van der Waals surface area contributed by atoms with E-state index < -0.39 is 13.0 Å². The molecule has 1 atom stereocenters. The lowest BCUT2D eigenvalue weighted by Crippen LogP contribution is -2.36. The van der Waals surface area contributed by atoms with Gasteiger partial charge in [-0.25, -0.2) is 8.78 Å². The topological polar surface area (TPSA) is 64.4 Å². The molecule has 0 bridgehead atoms. The van der Waals surface area contributed by atoms with Gasteiger partial charge in [-0.1, -0.05) is 13.8 Å². The van der Waals surface area contributed by atoms with Crippen molar-refractivity contribution in [2.75, 3.05) is 19.8 Å². The number of halogens is 2. The quantitative estimate of drug-likeness (QED) is 0.613. The summed E-state index contributed by atoms with van der Waals surface area (Å²) in [7, 11) is 0. The second-order valence-corrected chi connectivity index (χ2v) is 3.93. The number of amides is 1. The van der Waals surface area contributed by atoms with Crippen LogP contribution in [0, 0.1) is 5.92 Å². The maximum Gasteiger partial charge on any atom is 0.261 e. The number of carbonyl (C=O) groups is 1. The number of alkyl halides is 2. The van der Waals surface area contributed by atoms with E-state index in [0.717, 1.165) is 0 Å². The van der Waals surface area contributed by atoms with Crippen molar-refractivity contribution in [1.29, 1.82) is 0 Å². The standard InChI is InChI=1S/C10H20F2N2O2/c1-7(2)8(13)5-10(15)14-3-4-16-6-9(11)12/h7-9H,3-6,13H2,1-2H3,(H,14,15).